The van der Waals surface area contributed by atoms with Crippen molar-refractivity contribution in [2.45, 2.75) is 132 Å². The fourth-order valence-corrected chi connectivity index (χ4v) is 5.83. The van der Waals surface area contributed by atoms with Crippen LogP contribution >= 0.6 is 0 Å². The van der Waals surface area contributed by atoms with Gasteiger partial charge in [0.2, 0.25) is 0 Å². The topological polar surface area (TPSA) is 9.23 Å². The molecule has 0 radical (unpaired) electrons. The Hall–Kier alpha value is -1.34. The maximum atomic E-state index is 6.15. The molecule has 1 aliphatic carbocycles. The summed E-state index contributed by atoms with van der Waals surface area (Å²) < 4.78 is 6.15. The third-order valence-corrected chi connectivity index (χ3v) is 8.27. The van der Waals surface area contributed by atoms with Crippen LogP contribution in [-0.2, 0) is 4.74 Å². The lowest BCUT2D eigenvalue weighted by molar-refractivity contribution is 0.0625. The van der Waals surface area contributed by atoms with Gasteiger partial charge < -0.3 is 4.74 Å². The maximum Gasteiger partial charge on any atom is 0.0783 e. The van der Waals surface area contributed by atoms with E-state index >= 15 is 0 Å². The van der Waals surface area contributed by atoms with Crippen LogP contribution in [0.1, 0.15) is 126 Å². The van der Waals surface area contributed by atoms with E-state index < -0.39 is 0 Å². The Bertz CT molecular complexity index is 709. The molecule has 1 heteroatoms. The van der Waals surface area contributed by atoms with Crippen LogP contribution in [0.25, 0.3) is 0 Å². The fraction of sp³-hybridized carbons (Fsp3) is 0.714. The van der Waals surface area contributed by atoms with Crippen LogP contribution in [0.2, 0.25) is 0 Å². The van der Waals surface area contributed by atoms with Crippen molar-refractivity contribution in [2.75, 3.05) is 6.61 Å². The van der Waals surface area contributed by atoms with Crippen LogP contribution in [-0.4, -0.2) is 12.7 Å². The van der Waals surface area contributed by atoms with E-state index in [-0.39, 0.29) is 6.10 Å². The Morgan fingerprint density at radius 2 is 1.61 bits per heavy atom. The average molecular weight is 497 g/mol. The molecule has 0 spiro atoms. The molecule has 0 aliphatic heterocycles. The highest BCUT2D eigenvalue weighted by atomic mass is 16.5. The highest BCUT2D eigenvalue weighted by molar-refractivity contribution is 5.36. The quantitative estimate of drug-likeness (QED) is 0.135. The molecule has 0 bridgehead atoms. The van der Waals surface area contributed by atoms with Crippen LogP contribution in [0, 0.1) is 23.7 Å². The third-order valence-electron chi connectivity index (χ3n) is 8.27. The number of ether oxygens (including phenoxy) is 1. The van der Waals surface area contributed by atoms with Gasteiger partial charge in [-0.2, -0.15) is 0 Å². The minimum absolute atomic E-state index is 0.171. The Balaban J connectivity index is 2.41. The summed E-state index contributed by atoms with van der Waals surface area (Å²) in [6.07, 6.45) is 24.4. The molecule has 0 saturated heterocycles. The van der Waals surface area contributed by atoms with Crippen molar-refractivity contribution in [1.29, 1.82) is 0 Å². The number of hydrogen-bond acceptors (Lipinski definition) is 1. The van der Waals surface area contributed by atoms with Crippen LogP contribution < -0.4 is 0 Å². The second kappa shape index (κ2) is 18.8. The standard InChI is InChI=1S/C35H60O/c1-10-14-30(9)35(13-4)36-26-29(8)18-17-28(7)19-20-31-21-23-32(24-22-31)25-34(27(5)6)33(15-11-2)16-12-3/h11,13,15,18,28,30-32,35H,2,4,10,12,14,16-17,19-26H2,1,3,5-9H3. The molecular weight excluding hydrogens is 436 g/mol. The second-order valence-corrected chi connectivity index (χ2v) is 12.0. The van der Waals surface area contributed by atoms with Gasteiger partial charge in [-0.25, -0.2) is 0 Å². The highest BCUT2D eigenvalue weighted by Crippen LogP contribution is 2.38. The first-order valence-electron chi connectivity index (χ1n) is 15.1. The largest absolute Gasteiger partial charge is 0.370 e. The molecule has 0 amide bonds. The zero-order chi connectivity index (χ0) is 26.9. The summed E-state index contributed by atoms with van der Waals surface area (Å²) in [5.74, 6) is 3.09. The Morgan fingerprint density at radius 1 is 0.944 bits per heavy atom. The maximum absolute atomic E-state index is 6.15. The van der Waals surface area contributed by atoms with Gasteiger partial charge in [0.05, 0.1) is 12.7 Å². The van der Waals surface area contributed by atoms with Crippen molar-refractivity contribution < 1.29 is 4.74 Å². The lowest BCUT2D eigenvalue weighted by Crippen LogP contribution is -2.20. The summed E-state index contributed by atoms with van der Waals surface area (Å²) in [5.41, 5.74) is 5.99. The Labute approximate surface area is 226 Å². The van der Waals surface area contributed by atoms with Gasteiger partial charge in [0, 0.05) is 0 Å². The molecule has 1 aliphatic rings. The normalized spacial score (nSPS) is 21.5. The van der Waals surface area contributed by atoms with Crippen molar-refractivity contribution in [1.82, 2.24) is 0 Å². The van der Waals surface area contributed by atoms with Crippen molar-refractivity contribution in [3.63, 3.8) is 0 Å². The van der Waals surface area contributed by atoms with E-state index in [1.807, 2.05) is 12.2 Å². The smallest absolute Gasteiger partial charge is 0.0783 e. The summed E-state index contributed by atoms with van der Waals surface area (Å²) in [5, 5.41) is 0. The van der Waals surface area contributed by atoms with E-state index in [2.05, 4.69) is 73.8 Å². The average Bonchev–Trinajstić information content (AvgIpc) is 2.85. The molecule has 0 heterocycles. The molecule has 206 valence electrons. The first-order valence-corrected chi connectivity index (χ1v) is 15.1. The molecular formula is C35H60O. The van der Waals surface area contributed by atoms with Gasteiger partial charge in [-0.3, -0.25) is 0 Å². The molecule has 3 atom stereocenters. The molecule has 0 aromatic heterocycles. The second-order valence-electron chi connectivity index (χ2n) is 12.0. The summed E-state index contributed by atoms with van der Waals surface area (Å²) in [6, 6.07) is 0. The Kier molecular flexibility index (Phi) is 17.1. The molecule has 0 aromatic rings. The van der Waals surface area contributed by atoms with Crippen molar-refractivity contribution in [3.8, 4) is 0 Å². The molecule has 1 fully saturated rings. The molecule has 1 nitrogen and oxygen atoms in total. The molecule has 1 saturated carbocycles. The van der Waals surface area contributed by atoms with Crippen LogP contribution in [0.3, 0.4) is 0 Å². The minimum Gasteiger partial charge on any atom is -0.370 e. The fourth-order valence-electron chi connectivity index (χ4n) is 5.83. The first-order chi connectivity index (χ1) is 17.2. The predicted octanol–water partition coefficient (Wildman–Crippen LogP) is 11.2. The monoisotopic (exact) mass is 496 g/mol. The first kappa shape index (κ1) is 32.7. The number of hydrogen-bond donors (Lipinski definition) is 0. The lowest BCUT2D eigenvalue weighted by atomic mass is 9.75. The summed E-state index contributed by atoms with van der Waals surface area (Å²) in [4.78, 5) is 0. The summed E-state index contributed by atoms with van der Waals surface area (Å²) >= 11 is 0. The van der Waals surface area contributed by atoms with E-state index in [0.717, 1.165) is 24.4 Å². The van der Waals surface area contributed by atoms with Crippen LogP contribution in [0.4, 0.5) is 0 Å². The van der Waals surface area contributed by atoms with E-state index in [0.29, 0.717) is 5.92 Å². The van der Waals surface area contributed by atoms with Crippen molar-refractivity contribution in [2.24, 2.45) is 23.7 Å². The van der Waals surface area contributed by atoms with Crippen LogP contribution in [0.15, 0.2) is 59.8 Å². The van der Waals surface area contributed by atoms with E-state index in [1.165, 1.54) is 93.8 Å². The highest BCUT2D eigenvalue weighted by Gasteiger charge is 2.23. The SMILES string of the molecule is C=CC=C(CCC)C(CC1CCC(CCC(C)CC=C(C)COC(C=C)C(C)CCC)CC1)=C(C)C. The molecule has 36 heavy (non-hydrogen) atoms. The molecule has 1 rings (SSSR count). The zero-order valence-corrected chi connectivity index (χ0v) is 25.2. The van der Waals surface area contributed by atoms with Gasteiger partial charge in [-0.15, -0.1) is 6.58 Å². The van der Waals surface area contributed by atoms with Gasteiger partial charge in [0.1, 0.15) is 0 Å². The summed E-state index contributed by atoms with van der Waals surface area (Å²) in [6.45, 7) is 24.7. The number of rotatable bonds is 18. The Morgan fingerprint density at radius 3 is 2.17 bits per heavy atom. The van der Waals surface area contributed by atoms with Crippen LogP contribution in [0.5, 0.6) is 0 Å². The van der Waals surface area contributed by atoms with E-state index in [9.17, 15) is 0 Å². The number of allylic oxidation sites excluding steroid dienone is 6. The van der Waals surface area contributed by atoms with E-state index in [1.54, 1.807) is 5.57 Å². The summed E-state index contributed by atoms with van der Waals surface area (Å²) in [7, 11) is 0. The third kappa shape index (κ3) is 12.8. The molecule has 3 unspecified atom stereocenters. The molecule has 0 aromatic carbocycles. The lowest BCUT2D eigenvalue weighted by Gasteiger charge is -2.30. The minimum atomic E-state index is 0.171. The van der Waals surface area contributed by atoms with Gasteiger partial charge in [-0.1, -0.05) is 108 Å². The van der Waals surface area contributed by atoms with Crippen molar-refractivity contribution >= 4 is 0 Å². The van der Waals surface area contributed by atoms with Gasteiger partial charge in [0.25, 0.3) is 0 Å². The zero-order valence-electron chi connectivity index (χ0n) is 25.2. The predicted molar refractivity (Wildman–Crippen MR) is 162 cm³/mol. The van der Waals surface area contributed by atoms with Gasteiger partial charge in [0.15, 0.2) is 0 Å². The van der Waals surface area contributed by atoms with Gasteiger partial charge in [-0.05, 0) is 94.1 Å². The van der Waals surface area contributed by atoms with Gasteiger partial charge >= 0.3 is 0 Å². The van der Waals surface area contributed by atoms with E-state index in [4.69, 9.17) is 4.74 Å². The molecule has 0 N–H and O–H groups in total. The van der Waals surface area contributed by atoms with Crippen molar-refractivity contribution in [3.05, 3.63) is 59.8 Å².